The van der Waals surface area contributed by atoms with Crippen LogP contribution in [-0.4, -0.2) is 162 Å². The number of Topliss-reactive ketones (excluding diaryl/α,β-unsaturated/α-hetero) is 3. The first-order valence-electron chi connectivity index (χ1n) is 26.0. The first-order valence-corrected chi connectivity index (χ1v) is 27.6. The number of carbonyl (C=O) groups excluding carboxylic acids is 3. The number of allylic oxidation sites excluding steroid dienone is 1. The van der Waals surface area contributed by atoms with Gasteiger partial charge in [0.1, 0.15) is 12.2 Å². The van der Waals surface area contributed by atoms with Gasteiger partial charge in [0.25, 0.3) is 0 Å². The summed E-state index contributed by atoms with van der Waals surface area (Å²) in [6.07, 6.45) is 8.52. The zero-order valence-electron chi connectivity index (χ0n) is 43.8. The van der Waals surface area contributed by atoms with Crippen molar-refractivity contribution >= 4 is 49.2 Å². The molecule has 13 rings (SSSR count). The highest BCUT2D eigenvalue weighted by Crippen LogP contribution is 2.65. The normalized spacial score (nSPS) is 34.9. The standard InChI is InChI=1S/2C19H22BrNO4.C19H25NO4/c1-21-5-4-19-10-7-13(23-2)16(22)18(19)25-17-14(24-3)8-11(20)9(15(17)19)6-12(10)21;1-21-5-4-19-9-14(22)15(24-2)7-11(19)13(21)6-10-12(20)8-16(25-3)18(23)17(10)19;1-20-7-6-19-10-14(21)16(24-3)9-12(19)13(20)8-11-4-5-15(23-2)18(22)17(11)19/h8,10,12-13,18H,4-7H2,1-3H3;7-8,11,13,23H,4-6,9H2,1-3H3;4-5,12-13,16,22H,6-10H2,1-3H3/t10?,12?,13?,18?,19-;11?,13?,19-;12?,13?,16?,19-/m111/s1. The Labute approximate surface area is 450 Å². The molecule has 2 saturated carbocycles. The molecule has 3 saturated heterocycles. The molecule has 4 aliphatic heterocycles. The summed E-state index contributed by atoms with van der Waals surface area (Å²) in [7, 11) is 16.1. The van der Waals surface area contributed by atoms with E-state index in [1.807, 2.05) is 24.3 Å². The minimum atomic E-state index is -0.454. The van der Waals surface area contributed by atoms with Crippen molar-refractivity contribution in [2.75, 3.05) is 83.4 Å². The summed E-state index contributed by atoms with van der Waals surface area (Å²) in [5.74, 6) is 4.38. The molecule has 17 heteroatoms. The van der Waals surface area contributed by atoms with Gasteiger partial charge >= 0.3 is 0 Å². The van der Waals surface area contributed by atoms with Crippen molar-refractivity contribution in [2.45, 2.75) is 117 Å². The summed E-state index contributed by atoms with van der Waals surface area (Å²) < 4.78 is 41.0. The predicted molar refractivity (Wildman–Crippen MR) is 282 cm³/mol. The van der Waals surface area contributed by atoms with E-state index in [1.54, 1.807) is 42.7 Å². The van der Waals surface area contributed by atoms with Crippen molar-refractivity contribution in [3.63, 3.8) is 0 Å². The smallest absolute Gasteiger partial charge is 0.202 e. The summed E-state index contributed by atoms with van der Waals surface area (Å²) in [5, 5.41) is 21.8. The summed E-state index contributed by atoms with van der Waals surface area (Å²) >= 11 is 7.40. The third-order valence-corrected chi connectivity index (χ3v) is 21.3. The third kappa shape index (κ3) is 7.35. The van der Waals surface area contributed by atoms with Crippen molar-refractivity contribution in [1.82, 2.24) is 14.7 Å². The van der Waals surface area contributed by atoms with Gasteiger partial charge in [-0.1, -0.05) is 37.9 Å². The lowest BCUT2D eigenvalue weighted by Crippen LogP contribution is -2.68. The number of hydrogen-bond donors (Lipinski definition) is 2. The van der Waals surface area contributed by atoms with Crippen molar-refractivity contribution < 1.29 is 57.8 Å². The van der Waals surface area contributed by atoms with Crippen LogP contribution in [0, 0.1) is 17.8 Å². The molecule has 3 aromatic rings. The minimum absolute atomic E-state index is 0.00763. The Balaban J connectivity index is 0.000000119. The largest absolute Gasteiger partial charge is 0.504 e. The van der Waals surface area contributed by atoms with E-state index in [1.165, 1.54) is 11.1 Å². The number of benzene rings is 3. The second kappa shape index (κ2) is 19.0. The zero-order valence-corrected chi connectivity index (χ0v) is 47.0. The molecule has 1 spiro atoms. The average Bonchev–Trinajstić information content (AvgIpc) is 3.76. The number of piperidine rings is 3. The fraction of sp³-hybridized carbons (Fsp3) is 0.596. The van der Waals surface area contributed by atoms with Gasteiger partial charge in [0, 0.05) is 93.0 Å². The predicted octanol–water partition coefficient (Wildman–Crippen LogP) is 6.99. The van der Waals surface area contributed by atoms with Gasteiger partial charge in [0.05, 0.1) is 28.4 Å². The summed E-state index contributed by atoms with van der Waals surface area (Å²) in [4.78, 5) is 45.7. The molecule has 5 fully saturated rings. The van der Waals surface area contributed by atoms with Gasteiger partial charge in [-0.05, 0) is 145 Å². The molecule has 2 N–H and O–H groups in total. The Kier molecular flexibility index (Phi) is 13.3. The van der Waals surface area contributed by atoms with E-state index in [0.29, 0.717) is 59.8 Å². The third-order valence-electron chi connectivity index (χ3n) is 19.9. The molecular formula is C57H69Br2N3O12. The molecule has 6 aliphatic carbocycles. The highest BCUT2D eigenvalue weighted by molar-refractivity contribution is 9.10. The van der Waals surface area contributed by atoms with E-state index in [4.69, 9.17) is 33.2 Å². The van der Waals surface area contributed by atoms with Gasteiger partial charge in [0.15, 0.2) is 57.9 Å². The van der Waals surface area contributed by atoms with Crippen molar-refractivity contribution in [2.24, 2.45) is 17.8 Å². The lowest BCUT2D eigenvalue weighted by Gasteiger charge is -2.58. The molecule has 15 nitrogen and oxygen atoms in total. The molecular weight excluding hydrogens is 1080 g/mol. The first kappa shape index (κ1) is 51.9. The van der Waals surface area contributed by atoms with Gasteiger partial charge < -0.3 is 58.1 Å². The molecule has 0 radical (unpaired) electrons. The van der Waals surface area contributed by atoms with Crippen molar-refractivity contribution in [3.05, 3.63) is 78.4 Å². The molecule has 6 bridgehead atoms. The van der Waals surface area contributed by atoms with Crippen LogP contribution in [0.4, 0.5) is 0 Å². The van der Waals surface area contributed by atoms with E-state index in [9.17, 15) is 24.6 Å². The lowest BCUT2D eigenvalue weighted by molar-refractivity contribution is -0.154. The van der Waals surface area contributed by atoms with E-state index in [-0.39, 0.29) is 63.8 Å². The van der Waals surface area contributed by atoms with Crippen LogP contribution in [0.5, 0.6) is 34.5 Å². The topological polar surface area (TPSA) is 166 Å². The highest BCUT2D eigenvalue weighted by Gasteiger charge is 2.68. The Morgan fingerprint density at radius 2 is 1.22 bits per heavy atom. The van der Waals surface area contributed by atoms with Crippen molar-refractivity contribution in [1.29, 1.82) is 0 Å². The molecule has 3 aromatic carbocycles. The molecule has 4 heterocycles. The number of halogens is 2. The number of fused-ring (bicyclic) bond motifs is 2. The Morgan fingerprint density at radius 1 is 0.635 bits per heavy atom. The van der Waals surface area contributed by atoms with Gasteiger partial charge in [-0.2, -0.15) is 0 Å². The maximum atomic E-state index is 13.1. The van der Waals surface area contributed by atoms with Crippen LogP contribution in [0.1, 0.15) is 78.3 Å². The number of hydrogen-bond acceptors (Lipinski definition) is 15. The Hall–Kier alpha value is -4.23. The maximum Gasteiger partial charge on any atom is 0.202 e. The fourth-order valence-corrected chi connectivity index (χ4v) is 17.5. The number of ketones is 3. The van der Waals surface area contributed by atoms with Crippen LogP contribution in [-0.2, 0) is 64.1 Å². The summed E-state index contributed by atoms with van der Waals surface area (Å²) in [6, 6.07) is 8.79. The molecule has 12 atom stereocenters. The van der Waals surface area contributed by atoms with E-state index in [2.05, 4.69) is 73.8 Å². The number of aromatic hydroxyl groups is 2. The van der Waals surface area contributed by atoms with Crippen LogP contribution in [0.25, 0.3) is 0 Å². The fourth-order valence-electron chi connectivity index (χ4n) is 16.4. The Bertz CT molecular complexity index is 2860. The number of likely N-dealkylation sites (N-methyl/N-ethyl adjacent to an activating group) is 3. The molecule has 398 valence electrons. The number of likely N-dealkylation sites (tertiary alicyclic amines) is 3. The summed E-state index contributed by atoms with van der Waals surface area (Å²) in [6.45, 7) is 2.83. The monoisotopic (exact) mass is 1150 g/mol. The van der Waals surface area contributed by atoms with Crippen molar-refractivity contribution in [3.8, 4) is 34.5 Å². The number of phenolic OH excluding ortho intramolecular Hbond substituents is 2. The average molecular weight is 1150 g/mol. The first-order chi connectivity index (χ1) is 35.5. The molecule has 10 aliphatic rings. The number of carbonyl (C=O) groups is 3. The van der Waals surface area contributed by atoms with Crippen LogP contribution in [0.2, 0.25) is 0 Å². The number of methoxy groups -OCH3 is 6. The second-order valence-corrected chi connectivity index (χ2v) is 24.3. The van der Waals surface area contributed by atoms with Gasteiger partial charge in [-0.25, -0.2) is 0 Å². The van der Waals surface area contributed by atoms with E-state index in [0.717, 1.165) is 108 Å². The lowest BCUT2D eigenvalue weighted by atomic mass is 9.51. The minimum Gasteiger partial charge on any atom is -0.504 e. The van der Waals surface area contributed by atoms with Gasteiger partial charge in [-0.3, -0.25) is 14.4 Å². The van der Waals surface area contributed by atoms with Crippen LogP contribution >= 0.6 is 31.9 Å². The van der Waals surface area contributed by atoms with E-state index < -0.39 is 11.5 Å². The van der Waals surface area contributed by atoms with Gasteiger partial charge in [0.2, 0.25) is 5.78 Å². The highest BCUT2D eigenvalue weighted by atomic mass is 79.9. The van der Waals surface area contributed by atoms with E-state index >= 15 is 0 Å². The SMILES string of the molecule is COC1=CC2C3Cc4c(Br)cc(OC)c(O)c4[C@]2(CCN3C)CC1=O.COc1cc(Br)c2c3c1OC1C(=O)C(OC)CC4C(C2)N(C)CC[C@@]314.COc1ccc2c(c1O)[C@@]13CCN(C)C(C2)C1CC(OC)C(=O)C3. The summed E-state index contributed by atoms with van der Waals surface area (Å²) in [5.41, 5.74) is 5.68. The Morgan fingerprint density at radius 3 is 1.88 bits per heavy atom. The zero-order chi connectivity index (χ0) is 52.5. The molecule has 0 aromatic heterocycles. The maximum absolute atomic E-state index is 13.1. The quantitative estimate of drug-likeness (QED) is 0.259. The number of ether oxygens (including phenoxy) is 7. The second-order valence-electron chi connectivity index (χ2n) is 22.6. The van der Waals surface area contributed by atoms with Crippen LogP contribution in [0.3, 0.4) is 0 Å². The van der Waals surface area contributed by atoms with Crippen LogP contribution < -0.4 is 18.9 Å². The molecule has 9 unspecified atom stereocenters. The number of rotatable bonds is 6. The van der Waals surface area contributed by atoms with Crippen LogP contribution in [0.15, 0.2) is 45.0 Å². The number of phenols is 2. The number of nitrogens with zero attached hydrogens (tertiary/aromatic N) is 3. The molecule has 0 amide bonds. The molecule has 74 heavy (non-hydrogen) atoms. The van der Waals surface area contributed by atoms with Gasteiger partial charge in [-0.15, -0.1) is 0 Å².